The molecule has 0 aliphatic rings. The van der Waals surface area contributed by atoms with Gasteiger partial charge in [-0.2, -0.15) is 0 Å². The number of pyridine rings is 3. The molecule has 0 atom stereocenters. The molecule has 0 bridgehead atoms. The molecule has 5 aromatic heterocycles. The average molecular weight is 771 g/mol. The van der Waals surface area contributed by atoms with Gasteiger partial charge in [0.1, 0.15) is 5.69 Å². The van der Waals surface area contributed by atoms with Crippen LogP contribution in [0.1, 0.15) is 0 Å². The highest BCUT2D eigenvalue weighted by molar-refractivity contribution is 5.79. The highest BCUT2D eigenvalue weighted by atomic mass is 15.0. The Balaban J connectivity index is 1.09. The predicted molar refractivity (Wildman–Crippen MR) is 238 cm³/mol. The zero-order chi connectivity index (χ0) is 40.1. The lowest BCUT2D eigenvalue weighted by Crippen LogP contribution is -2.00. The molecule has 0 amide bonds. The molecule has 282 valence electrons. The monoisotopic (exact) mass is 770 g/mol. The van der Waals surface area contributed by atoms with Crippen molar-refractivity contribution in [3.05, 3.63) is 206 Å². The van der Waals surface area contributed by atoms with E-state index < -0.39 is 0 Å². The molecule has 0 aliphatic carbocycles. The molecule has 5 aromatic carbocycles. The third-order valence-corrected chi connectivity index (χ3v) is 10.0. The van der Waals surface area contributed by atoms with Crippen LogP contribution in [0.5, 0.6) is 0 Å². The van der Waals surface area contributed by atoms with Crippen molar-refractivity contribution in [1.29, 1.82) is 0 Å². The maximum Gasteiger partial charge on any atom is 0.179 e. The van der Waals surface area contributed by atoms with Gasteiger partial charge in [-0.25, -0.2) is 34.9 Å². The normalized spacial score (nSPS) is 11.0. The first kappa shape index (κ1) is 36.0. The van der Waals surface area contributed by atoms with Gasteiger partial charge < -0.3 is 0 Å². The van der Waals surface area contributed by atoms with Crippen LogP contribution in [-0.2, 0) is 0 Å². The van der Waals surface area contributed by atoms with Gasteiger partial charge in [0.15, 0.2) is 23.3 Å². The fraction of sp³-hybridized carbons (Fsp3) is 0. The fourth-order valence-corrected chi connectivity index (χ4v) is 7.03. The maximum absolute atomic E-state index is 5.16. The van der Waals surface area contributed by atoms with E-state index in [4.69, 9.17) is 34.9 Å². The maximum atomic E-state index is 5.16. The summed E-state index contributed by atoms with van der Waals surface area (Å²) in [4.78, 5) is 39.9. The number of hydrogen-bond acceptors (Lipinski definition) is 8. The van der Waals surface area contributed by atoms with Crippen molar-refractivity contribution in [2.45, 2.75) is 0 Å². The second-order valence-corrected chi connectivity index (χ2v) is 14.1. The summed E-state index contributed by atoms with van der Waals surface area (Å²) in [6.07, 6.45) is 1.78. The summed E-state index contributed by atoms with van der Waals surface area (Å²) in [6.45, 7) is 0. The lowest BCUT2D eigenvalue weighted by Gasteiger charge is -2.12. The zero-order valence-electron chi connectivity index (χ0n) is 32.2. The molecule has 0 unspecified atom stereocenters. The van der Waals surface area contributed by atoms with Crippen molar-refractivity contribution in [2.75, 3.05) is 0 Å². The number of nitrogens with zero attached hydrogens (tertiary/aromatic N) is 8. The van der Waals surface area contributed by atoms with Crippen molar-refractivity contribution in [2.24, 2.45) is 0 Å². The quantitative estimate of drug-likeness (QED) is 0.143. The highest BCUT2D eigenvalue weighted by Crippen LogP contribution is 2.33. The smallest absolute Gasteiger partial charge is 0.179 e. The Morgan fingerprint density at radius 1 is 0.200 bits per heavy atom. The summed E-state index contributed by atoms with van der Waals surface area (Å²) in [7, 11) is 0. The van der Waals surface area contributed by atoms with Crippen LogP contribution >= 0.6 is 0 Å². The molecule has 0 radical (unpaired) electrons. The summed E-state index contributed by atoms with van der Waals surface area (Å²) in [5.41, 5.74) is 11.6. The number of aromatic nitrogens is 8. The zero-order valence-corrected chi connectivity index (χ0v) is 32.2. The lowest BCUT2D eigenvalue weighted by atomic mass is 10.00. The van der Waals surface area contributed by atoms with E-state index in [-0.39, 0.29) is 0 Å². The van der Waals surface area contributed by atoms with E-state index in [1.807, 2.05) is 152 Å². The third kappa shape index (κ3) is 7.68. The van der Waals surface area contributed by atoms with Crippen LogP contribution in [0.25, 0.3) is 102 Å². The molecule has 60 heavy (non-hydrogen) atoms. The Hall–Kier alpha value is -8.36. The molecule has 0 fully saturated rings. The number of hydrogen-bond donors (Lipinski definition) is 0. The van der Waals surface area contributed by atoms with E-state index in [1.54, 1.807) is 6.20 Å². The van der Waals surface area contributed by atoms with Crippen molar-refractivity contribution < 1.29 is 0 Å². The van der Waals surface area contributed by atoms with Crippen molar-refractivity contribution in [3.8, 4) is 102 Å². The molecule has 10 rings (SSSR count). The van der Waals surface area contributed by atoms with E-state index >= 15 is 0 Å². The summed E-state index contributed by atoms with van der Waals surface area (Å²) in [5, 5.41) is 0. The second-order valence-electron chi connectivity index (χ2n) is 14.1. The summed E-state index contributed by atoms with van der Waals surface area (Å²) in [5.74, 6) is 2.31. The summed E-state index contributed by atoms with van der Waals surface area (Å²) < 4.78 is 0. The Bertz CT molecular complexity index is 2770. The molecule has 8 heteroatoms. The molecular formula is C52H34N8. The van der Waals surface area contributed by atoms with Gasteiger partial charge >= 0.3 is 0 Å². The van der Waals surface area contributed by atoms with E-state index in [0.717, 1.165) is 56.0 Å². The first-order valence-corrected chi connectivity index (χ1v) is 19.6. The van der Waals surface area contributed by atoms with E-state index in [0.29, 0.717) is 46.1 Å². The van der Waals surface area contributed by atoms with Crippen molar-refractivity contribution >= 4 is 0 Å². The molecule has 10 aromatic rings. The largest absolute Gasteiger partial charge is 0.255 e. The molecule has 0 N–H and O–H groups in total. The second kappa shape index (κ2) is 16.2. The van der Waals surface area contributed by atoms with Crippen LogP contribution in [0.15, 0.2) is 206 Å². The van der Waals surface area contributed by atoms with Crippen LogP contribution in [0, 0.1) is 0 Å². The minimum absolute atomic E-state index is 0.521. The van der Waals surface area contributed by atoms with Crippen LogP contribution in [0.4, 0.5) is 0 Å². The minimum atomic E-state index is 0.521. The lowest BCUT2D eigenvalue weighted by molar-refractivity contribution is 1.07. The van der Waals surface area contributed by atoms with Gasteiger partial charge in [0.05, 0.1) is 34.2 Å². The van der Waals surface area contributed by atoms with Gasteiger partial charge in [-0.05, 0) is 59.7 Å². The standard InChI is InChI=1S/C52H34N8/c1-5-17-35(18-6-1)45-34-46(36-19-7-2-8-20-36)57-52(56-45)44-29-16-28-43(54-44)48-33-41(32-47(55-48)42-27-13-14-30-53-42)39-25-15-26-40(31-39)51-59-49(37-21-9-3-10-22-37)58-50(60-51)38-23-11-4-12-24-38/h1-34H. The van der Waals surface area contributed by atoms with Crippen LogP contribution in [0.3, 0.4) is 0 Å². The van der Waals surface area contributed by atoms with E-state index in [1.165, 1.54) is 0 Å². The third-order valence-electron chi connectivity index (χ3n) is 10.0. The van der Waals surface area contributed by atoms with Crippen LogP contribution in [-0.4, -0.2) is 39.9 Å². The topological polar surface area (TPSA) is 103 Å². The molecule has 0 saturated carbocycles. The van der Waals surface area contributed by atoms with Crippen LogP contribution in [0.2, 0.25) is 0 Å². The van der Waals surface area contributed by atoms with Crippen molar-refractivity contribution in [3.63, 3.8) is 0 Å². The van der Waals surface area contributed by atoms with Gasteiger partial charge in [-0.3, -0.25) is 4.98 Å². The Morgan fingerprint density at radius 3 is 1.20 bits per heavy atom. The van der Waals surface area contributed by atoms with Gasteiger partial charge in [-0.15, -0.1) is 0 Å². The summed E-state index contributed by atoms with van der Waals surface area (Å²) >= 11 is 0. The first-order chi connectivity index (χ1) is 29.7. The van der Waals surface area contributed by atoms with Gasteiger partial charge in [0, 0.05) is 34.0 Å². The van der Waals surface area contributed by atoms with E-state index in [9.17, 15) is 0 Å². The molecular weight excluding hydrogens is 737 g/mol. The average Bonchev–Trinajstić information content (AvgIpc) is 3.35. The predicted octanol–water partition coefficient (Wildman–Crippen LogP) is 11.8. The fourth-order valence-electron chi connectivity index (χ4n) is 7.03. The molecule has 0 aliphatic heterocycles. The van der Waals surface area contributed by atoms with Gasteiger partial charge in [0.25, 0.3) is 0 Å². The Kier molecular flexibility index (Phi) is 9.75. The Morgan fingerprint density at radius 2 is 0.633 bits per heavy atom. The molecule has 8 nitrogen and oxygen atoms in total. The summed E-state index contributed by atoms with van der Waals surface area (Å²) in [6, 6.07) is 66.4. The van der Waals surface area contributed by atoms with Gasteiger partial charge in [-0.1, -0.05) is 152 Å². The van der Waals surface area contributed by atoms with Crippen molar-refractivity contribution in [1.82, 2.24) is 39.9 Å². The number of rotatable bonds is 9. The SMILES string of the molecule is c1ccc(-c2cc(-c3ccccc3)nc(-c3cccc(-c4cc(-c5cccc(-c6nc(-c7ccccc7)nc(-c7ccccc7)n6)c5)cc(-c5ccccn5)n4)n3)n2)cc1. The van der Waals surface area contributed by atoms with Crippen LogP contribution < -0.4 is 0 Å². The number of benzene rings is 5. The first-order valence-electron chi connectivity index (χ1n) is 19.6. The molecule has 5 heterocycles. The highest BCUT2D eigenvalue weighted by Gasteiger charge is 2.17. The molecule has 0 spiro atoms. The Labute approximate surface area is 347 Å². The van der Waals surface area contributed by atoms with E-state index in [2.05, 4.69) is 53.5 Å². The van der Waals surface area contributed by atoms with Gasteiger partial charge in [0.2, 0.25) is 0 Å². The molecule has 0 saturated heterocycles. The minimum Gasteiger partial charge on any atom is -0.255 e.